The molecule has 2 aromatic carbocycles. The second kappa shape index (κ2) is 8.61. The van der Waals surface area contributed by atoms with Gasteiger partial charge in [0.05, 0.1) is 22.3 Å². The van der Waals surface area contributed by atoms with Crippen LogP contribution in [0.15, 0.2) is 59.1 Å². The third-order valence-corrected chi connectivity index (χ3v) is 6.67. The monoisotopic (exact) mass is 493 g/mol. The van der Waals surface area contributed by atoms with E-state index in [0.29, 0.717) is 28.2 Å². The molecule has 0 aliphatic heterocycles. The molecular weight excluding hydrogens is 474 g/mol. The molecule has 0 unspecified atom stereocenters. The first-order valence-electron chi connectivity index (χ1n) is 9.78. The molecule has 0 atom stereocenters. The third kappa shape index (κ3) is 4.11. The summed E-state index contributed by atoms with van der Waals surface area (Å²) < 4.78 is 0.929. The van der Waals surface area contributed by atoms with Crippen LogP contribution in [0.25, 0.3) is 22.2 Å². The number of aryl methyl sites for hydroxylation is 1. The van der Waals surface area contributed by atoms with Gasteiger partial charge in [-0.15, -0.1) is 11.3 Å². The first kappa shape index (κ1) is 21.2. The van der Waals surface area contributed by atoms with Gasteiger partial charge >= 0.3 is 0 Å². The van der Waals surface area contributed by atoms with Crippen LogP contribution >= 0.6 is 27.3 Å². The van der Waals surface area contributed by atoms with Gasteiger partial charge in [-0.3, -0.25) is 9.59 Å². The summed E-state index contributed by atoms with van der Waals surface area (Å²) in [6.45, 7) is 3.90. The molecule has 2 amide bonds. The molecule has 0 saturated heterocycles. The number of carbonyl (C=O) groups excluding carboxylic acids is 2. The van der Waals surface area contributed by atoms with E-state index in [1.807, 2.05) is 62.4 Å². The Bertz CT molecular complexity index is 1330. The maximum absolute atomic E-state index is 13.4. The summed E-state index contributed by atoms with van der Waals surface area (Å²) in [5.74, 6) is -0.841. The Balaban J connectivity index is 1.83. The molecule has 5 nitrogen and oxygen atoms in total. The third-order valence-electron chi connectivity index (χ3n) is 5.12. The Morgan fingerprint density at radius 2 is 1.90 bits per heavy atom. The standard InChI is InChI=1S/C24H20BrN3O2S/c1-3-16-13(2)31-24(21(16)22(26)29)28-23(30)18-12-20(14-7-6-8-15(25)11-14)27-19-10-5-4-9-17(18)19/h4-12H,3H2,1-2H3,(H2,26,29)(H,28,30). The van der Waals surface area contributed by atoms with Gasteiger partial charge in [0.2, 0.25) is 0 Å². The van der Waals surface area contributed by atoms with Crippen molar-refractivity contribution in [3.63, 3.8) is 0 Å². The summed E-state index contributed by atoms with van der Waals surface area (Å²) in [6, 6.07) is 17.1. The molecule has 2 heterocycles. The van der Waals surface area contributed by atoms with E-state index >= 15 is 0 Å². The minimum absolute atomic E-state index is 0.304. The molecule has 4 rings (SSSR count). The maximum Gasteiger partial charge on any atom is 0.257 e. The minimum Gasteiger partial charge on any atom is -0.365 e. The Morgan fingerprint density at radius 3 is 2.61 bits per heavy atom. The summed E-state index contributed by atoms with van der Waals surface area (Å²) in [6.07, 6.45) is 0.668. The highest BCUT2D eigenvalue weighted by molar-refractivity contribution is 9.10. The molecule has 156 valence electrons. The van der Waals surface area contributed by atoms with Crippen LogP contribution in [0.1, 0.15) is 38.1 Å². The summed E-state index contributed by atoms with van der Waals surface area (Å²) in [5, 5.41) is 4.15. The van der Waals surface area contributed by atoms with Crippen molar-refractivity contribution < 1.29 is 9.59 Å². The van der Waals surface area contributed by atoms with E-state index in [-0.39, 0.29) is 5.91 Å². The number of benzene rings is 2. The van der Waals surface area contributed by atoms with Gasteiger partial charge in [0.1, 0.15) is 5.00 Å². The number of thiophene rings is 1. The molecule has 0 aliphatic carbocycles. The molecule has 7 heteroatoms. The Morgan fingerprint density at radius 1 is 1.13 bits per heavy atom. The zero-order valence-corrected chi connectivity index (χ0v) is 19.4. The molecule has 4 aromatic rings. The fourth-order valence-corrected chi connectivity index (χ4v) is 5.23. The van der Waals surface area contributed by atoms with Gasteiger partial charge in [-0.05, 0) is 43.2 Å². The van der Waals surface area contributed by atoms with E-state index in [1.165, 1.54) is 11.3 Å². The second-order valence-electron chi connectivity index (χ2n) is 7.10. The summed E-state index contributed by atoms with van der Waals surface area (Å²) in [5.41, 5.74) is 9.69. The van der Waals surface area contributed by atoms with Crippen molar-refractivity contribution in [1.29, 1.82) is 0 Å². The van der Waals surface area contributed by atoms with E-state index in [2.05, 4.69) is 21.2 Å². The van der Waals surface area contributed by atoms with E-state index in [0.717, 1.165) is 31.4 Å². The van der Waals surface area contributed by atoms with Gasteiger partial charge in [-0.25, -0.2) is 4.98 Å². The zero-order valence-electron chi connectivity index (χ0n) is 17.0. The van der Waals surface area contributed by atoms with Crippen LogP contribution in [-0.2, 0) is 6.42 Å². The van der Waals surface area contributed by atoms with Crippen LogP contribution in [0, 0.1) is 6.92 Å². The number of nitrogens with one attached hydrogen (secondary N) is 1. The number of anilines is 1. The van der Waals surface area contributed by atoms with Crippen molar-refractivity contribution in [3.8, 4) is 11.3 Å². The Hall–Kier alpha value is -3.03. The van der Waals surface area contributed by atoms with Crippen molar-refractivity contribution in [1.82, 2.24) is 4.98 Å². The maximum atomic E-state index is 13.4. The van der Waals surface area contributed by atoms with E-state index in [4.69, 9.17) is 10.7 Å². The molecule has 0 saturated carbocycles. The van der Waals surface area contributed by atoms with Crippen LogP contribution < -0.4 is 11.1 Å². The Kier molecular flexibility index (Phi) is 5.89. The summed E-state index contributed by atoms with van der Waals surface area (Å²) in [7, 11) is 0. The molecule has 2 aromatic heterocycles. The number of rotatable bonds is 5. The van der Waals surface area contributed by atoms with Crippen LogP contribution in [0.2, 0.25) is 0 Å². The van der Waals surface area contributed by atoms with Crippen LogP contribution in [-0.4, -0.2) is 16.8 Å². The van der Waals surface area contributed by atoms with Gasteiger partial charge in [0.25, 0.3) is 11.8 Å². The topological polar surface area (TPSA) is 85.1 Å². The average Bonchev–Trinajstić information content (AvgIpc) is 3.07. The number of amides is 2. The zero-order chi connectivity index (χ0) is 22.1. The lowest BCUT2D eigenvalue weighted by Crippen LogP contribution is -2.18. The number of nitrogens with zero attached hydrogens (tertiary/aromatic N) is 1. The normalized spacial score (nSPS) is 10.9. The molecule has 0 spiro atoms. The Labute approximate surface area is 192 Å². The number of hydrogen-bond acceptors (Lipinski definition) is 4. The van der Waals surface area contributed by atoms with Crippen molar-refractivity contribution in [2.24, 2.45) is 5.73 Å². The first-order valence-corrected chi connectivity index (χ1v) is 11.4. The molecule has 3 N–H and O–H groups in total. The smallest absolute Gasteiger partial charge is 0.257 e. The lowest BCUT2D eigenvalue weighted by Gasteiger charge is -2.11. The fraction of sp³-hybridized carbons (Fsp3) is 0.125. The lowest BCUT2D eigenvalue weighted by atomic mass is 10.0. The summed E-state index contributed by atoms with van der Waals surface area (Å²) >= 11 is 4.86. The van der Waals surface area contributed by atoms with E-state index < -0.39 is 5.91 Å². The quantitative estimate of drug-likeness (QED) is 0.360. The number of carbonyl (C=O) groups is 2. The highest BCUT2D eigenvalue weighted by Gasteiger charge is 2.22. The number of nitrogens with two attached hydrogens (primary N) is 1. The number of halogens is 1. The predicted octanol–water partition coefficient (Wildman–Crippen LogP) is 5.95. The van der Waals surface area contributed by atoms with Gasteiger partial charge in [-0.2, -0.15) is 0 Å². The van der Waals surface area contributed by atoms with Crippen LogP contribution in [0.5, 0.6) is 0 Å². The van der Waals surface area contributed by atoms with Crippen LogP contribution in [0.4, 0.5) is 5.00 Å². The number of para-hydroxylation sites is 1. The van der Waals surface area contributed by atoms with Crippen molar-refractivity contribution in [2.75, 3.05) is 5.32 Å². The molecule has 0 radical (unpaired) electrons. The van der Waals surface area contributed by atoms with Crippen molar-refractivity contribution in [2.45, 2.75) is 20.3 Å². The number of primary amides is 1. The van der Waals surface area contributed by atoms with E-state index in [9.17, 15) is 9.59 Å². The SMILES string of the molecule is CCc1c(C)sc(NC(=O)c2cc(-c3cccc(Br)c3)nc3ccccc23)c1C(N)=O. The second-order valence-corrected chi connectivity index (χ2v) is 9.24. The number of aromatic nitrogens is 1. The molecular formula is C24H20BrN3O2S. The molecule has 31 heavy (non-hydrogen) atoms. The average molecular weight is 494 g/mol. The number of fused-ring (bicyclic) bond motifs is 1. The highest BCUT2D eigenvalue weighted by Crippen LogP contribution is 2.34. The number of hydrogen-bond donors (Lipinski definition) is 2. The van der Waals surface area contributed by atoms with Gasteiger partial charge in [0, 0.05) is 20.3 Å². The lowest BCUT2D eigenvalue weighted by molar-refractivity contribution is 0.100. The first-order chi connectivity index (χ1) is 14.9. The summed E-state index contributed by atoms with van der Waals surface area (Å²) in [4.78, 5) is 31.2. The van der Waals surface area contributed by atoms with Gasteiger partial charge < -0.3 is 11.1 Å². The highest BCUT2D eigenvalue weighted by atomic mass is 79.9. The largest absolute Gasteiger partial charge is 0.365 e. The van der Waals surface area contributed by atoms with Gasteiger partial charge in [-0.1, -0.05) is 53.2 Å². The van der Waals surface area contributed by atoms with E-state index in [1.54, 1.807) is 6.07 Å². The predicted molar refractivity (Wildman–Crippen MR) is 130 cm³/mol. The molecule has 0 bridgehead atoms. The molecule has 0 fully saturated rings. The van der Waals surface area contributed by atoms with Crippen molar-refractivity contribution in [3.05, 3.63) is 80.6 Å². The van der Waals surface area contributed by atoms with Crippen molar-refractivity contribution >= 4 is 55.0 Å². The molecule has 0 aliphatic rings. The minimum atomic E-state index is -0.536. The number of pyridine rings is 1. The van der Waals surface area contributed by atoms with Gasteiger partial charge in [0.15, 0.2) is 0 Å². The van der Waals surface area contributed by atoms with Crippen LogP contribution in [0.3, 0.4) is 0 Å². The fourth-order valence-electron chi connectivity index (χ4n) is 3.68.